The molecule has 0 saturated carbocycles. The molecule has 0 fully saturated rings. The Kier molecular flexibility index (Phi) is 5.22. The normalized spacial score (nSPS) is 11.0. The van der Waals surface area contributed by atoms with Crippen molar-refractivity contribution < 1.29 is 4.79 Å². The summed E-state index contributed by atoms with van der Waals surface area (Å²) in [6, 6.07) is 16.7. The maximum absolute atomic E-state index is 12.1. The van der Waals surface area contributed by atoms with Gasteiger partial charge in [0.1, 0.15) is 0 Å². The highest BCUT2D eigenvalue weighted by atomic mass is 35.5. The number of aryl methyl sites for hydroxylation is 1. The minimum absolute atomic E-state index is 0.284. The highest BCUT2D eigenvalue weighted by Gasteiger charge is 2.09. The molecule has 1 aromatic heterocycles. The van der Waals surface area contributed by atoms with Crippen LogP contribution in [0, 0.1) is 6.92 Å². The number of nitrogens with one attached hydrogen (secondary N) is 1. The lowest BCUT2D eigenvalue weighted by atomic mass is 10.2. The third-order valence-electron chi connectivity index (χ3n) is 3.62. The molecular weight excluding hydrogens is 357 g/mol. The van der Waals surface area contributed by atoms with E-state index in [4.69, 9.17) is 23.2 Å². The Morgan fingerprint density at radius 3 is 2.60 bits per heavy atom. The summed E-state index contributed by atoms with van der Waals surface area (Å²) in [6.07, 6.45) is 3.55. The van der Waals surface area contributed by atoms with Crippen LogP contribution in [0.2, 0.25) is 10.0 Å². The van der Waals surface area contributed by atoms with Gasteiger partial charge in [-0.15, -0.1) is 0 Å². The average molecular weight is 372 g/mol. The molecule has 0 aliphatic rings. The van der Waals surface area contributed by atoms with Crippen LogP contribution in [0.5, 0.6) is 0 Å². The smallest absolute Gasteiger partial charge is 0.272 e. The largest absolute Gasteiger partial charge is 0.321 e. The Morgan fingerprint density at radius 1 is 1.12 bits per heavy atom. The summed E-state index contributed by atoms with van der Waals surface area (Å²) in [5.41, 5.74) is 5.80. The van der Waals surface area contributed by atoms with Crippen molar-refractivity contribution in [3.05, 3.63) is 87.7 Å². The number of nitrogens with zero attached hydrogens (tertiary/aromatic N) is 2. The first-order valence-electron chi connectivity index (χ1n) is 7.57. The summed E-state index contributed by atoms with van der Waals surface area (Å²) in [5.74, 6) is -0.392. The van der Waals surface area contributed by atoms with Crippen molar-refractivity contribution in [2.45, 2.75) is 6.92 Å². The summed E-state index contributed by atoms with van der Waals surface area (Å²) in [4.78, 5) is 12.1. The number of aromatic nitrogens is 1. The highest BCUT2D eigenvalue weighted by Crippen LogP contribution is 2.20. The van der Waals surface area contributed by atoms with E-state index in [2.05, 4.69) is 15.1 Å². The summed E-state index contributed by atoms with van der Waals surface area (Å²) in [7, 11) is 0. The third-order valence-corrected chi connectivity index (χ3v) is 4.17. The molecule has 0 atom stereocenters. The Hall–Kier alpha value is -2.56. The quantitative estimate of drug-likeness (QED) is 0.516. The molecule has 1 amide bonds. The zero-order valence-corrected chi connectivity index (χ0v) is 14.9. The first-order chi connectivity index (χ1) is 12.0. The first kappa shape index (κ1) is 17.3. The number of hydrogen-bond acceptors (Lipinski definition) is 2. The lowest BCUT2D eigenvalue weighted by Crippen LogP contribution is -2.17. The molecule has 25 heavy (non-hydrogen) atoms. The van der Waals surface area contributed by atoms with E-state index in [1.807, 2.05) is 49.5 Å². The second kappa shape index (κ2) is 7.55. The van der Waals surface area contributed by atoms with Gasteiger partial charge in [0.25, 0.3) is 5.91 Å². The van der Waals surface area contributed by atoms with E-state index in [1.54, 1.807) is 18.3 Å². The summed E-state index contributed by atoms with van der Waals surface area (Å²) < 4.78 is 2.05. The van der Waals surface area contributed by atoms with E-state index in [9.17, 15) is 4.79 Å². The molecule has 6 heteroatoms. The Labute approximate surface area is 155 Å². The average Bonchev–Trinajstić information content (AvgIpc) is 2.96. The second-order valence-electron chi connectivity index (χ2n) is 5.44. The topological polar surface area (TPSA) is 46.4 Å². The fourth-order valence-corrected chi connectivity index (χ4v) is 2.93. The van der Waals surface area contributed by atoms with Gasteiger partial charge >= 0.3 is 0 Å². The van der Waals surface area contributed by atoms with E-state index >= 15 is 0 Å². The van der Waals surface area contributed by atoms with Crippen LogP contribution in [0.15, 0.2) is 65.9 Å². The van der Waals surface area contributed by atoms with E-state index in [0.717, 1.165) is 16.9 Å². The SMILES string of the molecule is Cc1cc(/C=N\NC(=O)c2ccc(Cl)cc2Cl)cn1-c1ccccc1. The van der Waals surface area contributed by atoms with Gasteiger partial charge in [0.2, 0.25) is 0 Å². The Morgan fingerprint density at radius 2 is 1.88 bits per heavy atom. The molecule has 1 heterocycles. The predicted molar refractivity (Wildman–Crippen MR) is 102 cm³/mol. The van der Waals surface area contributed by atoms with Crippen molar-refractivity contribution in [3.63, 3.8) is 0 Å². The molecule has 0 bridgehead atoms. The first-order valence-corrected chi connectivity index (χ1v) is 8.33. The van der Waals surface area contributed by atoms with Crippen LogP contribution in [0.1, 0.15) is 21.6 Å². The lowest BCUT2D eigenvalue weighted by Gasteiger charge is -2.04. The molecular formula is C19H15Cl2N3O. The highest BCUT2D eigenvalue weighted by molar-refractivity contribution is 6.36. The number of hydrogen-bond donors (Lipinski definition) is 1. The molecule has 0 unspecified atom stereocenters. The number of para-hydroxylation sites is 1. The molecule has 4 nitrogen and oxygen atoms in total. The number of rotatable bonds is 4. The van der Waals surface area contributed by atoms with Gasteiger partial charge in [0, 0.05) is 28.2 Å². The van der Waals surface area contributed by atoms with Crippen LogP contribution >= 0.6 is 23.2 Å². The fourth-order valence-electron chi connectivity index (χ4n) is 2.44. The molecule has 1 N–H and O–H groups in total. The Balaban J connectivity index is 1.72. The number of carbonyl (C=O) groups is 1. The molecule has 0 aliphatic heterocycles. The molecule has 0 aliphatic carbocycles. The molecule has 3 rings (SSSR count). The van der Waals surface area contributed by atoms with E-state index < -0.39 is 5.91 Å². The molecule has 0 saturated heterocycles. The van der Waals surface area contributed by atoms with Gasteiger partial charge in [-0.3, -0.25) is 4.79 Å². The van der Waals surface area contributed by atoms with Crippen LogP contribution in [0.25, 0.3) is 5.69 Å². The van der Waals surface area contributed by atoms with Gasteiger partial charge in [-0.05, 0) is 43.3 Å². The number of hydrazone groups is 1. The van der Waals surface area contributed by atoms with Crippen molar-refractivity contribution in [1.29, 1.82) is 0 Å². The lowest BCUT2D eigenvalue weighted by molar-refractivity contribution is 0.0955. The molecule has 2 aromatic carbocycles. The zero-order valence-electron chi connectivity index (χ0n) is 13.4. The summed E-state index contributed by atoms with van der Waals surface area (Å²) in [5, 5.41) is 4.76. The van der Waals surface area contributed by atoms with Gasteiger partial charge in [-0.2, -0.15) is 5.10 Å². The van der Waals surface area contributed by atoms with E-state index in [1.165, 1.54) is 6.07 Å². The van der Waals surface area contributed by atoms with Crippen molar-refractivity contribution in [2.24, 2.45) is 5.10 Å². The number of carbonyl (C=O) groups excluding carboxylic acids is 1. The van der Waals surface area contributed by atoms with Gasteiger partial charge in [0.15, 0.2) is 0 Å². The summed E-state index contributed by atoms with van der Waals surface area (Å²) in [6.45, 7) is 2.01. The van der Waals surface area contributed by atoms with E-state index in [-0.39, 0.29) is 5.02 Å². The fraction of sp³-hybridized carbons (Fsp3) is 0.0526. The maximum atomic E-state index is 12.1. The third kappa shape index (κ3) is 4.10. The maximum Gasteiger partial charge on any atom is 0.272 e. The minimum Gasteiger partial charge on any atom is -0.321 e. The second-order valence-corrected chi connectivity index (χ2v) is 6.29. The van der Waals surface area contributed by atoms with E-state index in [0.29, 0.717) is 10.6 Å². The molecule has 0 radical (unpaired) electrons. The molecule has 3 aromatic rings. The number of benzene rings is 2. The van der Waals surface area contributed by atoms with Crippen LogP contribution in [-0.2, 0) is 0 Å². The van der Waals surface area contributed by atoms with Crippen LogP contribution in [0.4, 0.5) is 0 Å². The zero-order chi connectivity index (χ0) is 17.8. The monoisotopic (exact) mass is 371 g/mol. The van der Waals surface area contributed by atoms with Gasteiger partial charge < -0.3 is 4.57 Å². The van der Waals surface area contributed by atoms with Gasteiger partial charge in [0.05, 0.1) is 16.8 Å². The van der Waals surface area contributed by atoms with Crippen molar-refractivity contribution in [1.82, 2.24) is 9.99 Å². The summed E-state index contributed by atoms with van der Waals surface area (Å²) >= 11 is 11.8. The van der Waals surface area contributed by atoms with Crippen molar-refractivity contribution in [2.75, 3.05) is 0 Å². The Bertz CT molecular complexity index is 933. The van der Waals surface area contributed by atoms with Crippen molar-refractivity contribution in [3.8, 4) is 5.69 Å². The molecule has 126 valence electrons. The predicted octanol–water partition coefficient (Wildman–Crippen LogP) is 4.86. The van der Waals surface area contributed by atoms with Crippen LogP contribution in [0.3, 0.4) is 0 Å². The van der Waals surface area contributed by atoms with Crippen LogP contribution in [-0.4, -0.2) is 16.7 Å². The minimum atomic E-state index is -0.392. The molecule has 0 spiro atoms. The van der Waals surface area contributed by atoms with Gasteiger partial charge in [-0.1, -0.05) is 41.4 Å². The standard InChI is InChI=1S/C19H15Cl2N3O/c1-13-9-14(12-24(13)16-5-3-2-4-6-16)11-22-23-19(25)17-8-7-15(20)10-18(17)21/h2-12H,1H3,(H,23,25)/b22-11-. The number of halogens is 2. The van der Waals surface area contributed by atoms with Crippen molar-refractivity contribution >= 4 is 35.3 Å². The van der Waals surface area contributed by atoms with Gasteiger partial charge in [-0.25, -0.2) is 5.43 Å². The number of amides is 1. The van der Waals surface area contributed by atoms with Crippen LogP contribution < -0.4 is 5.43 Å².